The van der Waals surface area contributed by atoms with Gasteiger partial charge in [0.25, 0.3) is 0 Å². The van der Waals surface area contributed by atoms with E-state index in [1.165, 1.54) is 15.6 Å². The van der Waals surface area contributed by atoms with Crippen LogP contribution in [0.4, 0.5) is 0 Å². The Morgan fingerprint density at radius 2 is 1.94 bits per heavy atom. The Morgan fingerprint density at radius 3 is 2.72 bits per heavy atom. The molecule has 0 aromatic heterocycles. The molecule has 0 aliphatic rings. The molecular weight excluding hydrogens is 292 g/mol. The molecule has 0 atom stereocenters. The van der Waals surface area contributed by atoms with Crippen LogP contribution in [-0.4, -0.2) is 33.4 Å². The third-order valence-corrected chi connectivity index (χ3v) is 3.91. The molecule has 2 N–H and O–H groups in total. The van der Waals surface area contributed by atoms with Gasteiger partial charge >= 0.3 is 0 Å². The number of rotatable bonds is 9. The van der Waals surface area contributed by atoms with Gasteiger partial charge in [0.15, 0.2) is 0 Å². The molecule has 0 radical (unpaired) electrons. The molecule has 4 heteroatoms. The van der Waals surface area contributed by atoms with E-state index in [0.717, 1.165) is 39.2 Å². The first-order chi connectivity index (χ1) is 8.75. The van der Waals surface area contributed by atoms with Gasteiger partial charge in [-0.3, -0.25) is 0 Å². The molecule has 0 saturated heterocycles. The lowest BCUT2D eigenvalue weighted by atomic mass is 10.1. The van der Waals surface area contributed by atoms with Crippen molar-refractivity contribution in [1.82, 2.24) is 10.6 Å². The first-order valence-electron chi connectivity index (χ1n) is 6.40. The summed E-state index contributed by atoms with van der Waals surface area (Å²) in [6.07, 6.45) is 1.13. The maximum Gasteiger partial charge on any atom is 0.0587 e. The predicted molar refractivity (Wildman–Crippen MR) is 79.9 cm³/mol. The highest BCUT2D eigenvalue weighted by molar-refractivity contribution is 9.10. The van der Waals surface area contributed by atoms with Gasteiger partial charge in [-0.2, -0.15) is 0 Å². The maximum absolute atomic E-state index is 4.97. The SMILES string of the molecule is COCCNCCCNCc1cccc(C)c1Br. The standard InChI is InChI=1S/C14H23BrN2O/c1-12-5-3-6-13(14(12)15)11-17-8-4-7-16-9-10-18-2/h3,5-6,16-17H,4,7-11H2,1-2H3. The Kier molecular flexibility index (Phi) is 8.25. The van der Waals surface area contributed by atoms with Gasteiger partial charge in [-0.25, -0.2) is 0 Å². The van der Waals surface area contributed by atoms with Gasteiger partial charge in [-0.1, -0.05) is 34.1 Å². The first-order valence-corrected chi connectivity index (χ1v) is 7.19. The number of nitrogens with one attached hydrogen (secondary N) is 2. The van der Waals surface area contributed by atoms with Gasteiger partial charge in [0, 0.05) is 24.7 Å². The van der Waals surface area contributed by atoms with Crippen molar-refractivity contribution >= 4 is 15.9 Å². The van der Waals surface area contributed by atoms with Crippen LogP contribution in [0.2, 0.25) is 0 Å². The molecule has 0 unspecified atom stereocenters. The van der Waals surface area contributed by atoms with Crippen LogP contribution >= 0.6 is 15.9 Å². The van der Waals surface area contributed by atoms with E-state index < -0.39 is 0 Å². The lowest BCUT2D eigenvalue weighted by Gasteiger charge is -2.09. The summed E-state index contributed by atoms with van der Waals surface area (Å²) in [6, 6.07) is 6.37. The highest BCUT2D eigenvalue weighted by atomic mass is 79.9. The zero-order chi connectivity index (χ0) is 13.2. The summed E-state index contributed by atoms with van der Waals surface area (Å²) in [4.78, 5) is 0. The van der Waals surface area contributed by atoms with Crippen LogP contribution in [0.1, 0.15) is 17.5 Å². The van der Waals surface area contributed by atoms with Crippen molar-refractivity contribution in [2.24, 2.45) is 0 Å². The second-order valence-electron chi connectivity index (χ2n) is 4.32. The van der Waals surface area contributed by atoms with E-state index in [1.807, 2.05) is 0 Å². The van der Waals surface area contributed by atoms with E-state index in [-0.39, 0.29) is 0 Å². The van der Waals surface area contributed by atoms with Crippen molar-refractivity contribution in [2.75, 3.05) is 33.4 Å². The monoisotopic (exact) mass is 314 g/mol. The fourth-order valence-corrected chi connectivity index (χ4v) is 2.11. The van der Waals surface area contributed by atoms with E-state index in [2.05, 4.69) is 51.7 Å². The van der Waals surface area contributed by atoms with Crippen molar-refractivity contribution in [2.45, 2.75) is 19.9 Å². The summed E-state index contributed by atoms with van der Waals surface area (Å²) < 4.78 is 6.19. The molecule has 1 aromatic rings. The van der Waals surface area contributed by atoms with E-state index in [9.17, 15) is 0 Å². The minimum Gasteiger partial charge on any atom is -0.383 e. The summed E-state index contributed by atoms with van der Waals surface area (Å²) >= 11 is 3.63. The molecule has 0 saturated carbocycles. The quantitative estimate of drug-likeness (QED) is 0.687. The summed E-state index contributed by atoms with van der Waals surface area (Å²) in [5.41, 5.74) is 2.61. The Morgan fingerprint density at radius 1 is 1.17 bits per heavy atom. The molecular formula is C14H23BrN2O. The topological polar surface area (TPSA) is 33.3 Å². The van der Waals surface area contributed by atoms with Gasteiger partial charge in [0.2, 0.25) is 0 Å². The second kappa shape index (κ2) is 9.50. The summed E-state index contributed by atoms with van der Waals surface area (Å²) in [5, 5.41) is 6.79. The maximum atomic E-state index is 4.97. The summed E-state index contributed by atoms with van der Waals surface area (Å²) in [7, 11) is 1.73. The number of hydrogen-bond donors (Lipinski definition) is 2. The third kappa shape index (κ3) is 5.96. The number of halogens is 1. The van der Waals surface area contributed by atoms with Gasteiger partial charge in [0.1, 0.15) is 0 Å². The smallest absolute Gasteiger partial charge is 0.0587 e. The average molecular weight is 315 g/mol. The van der Waals surface area contributed by atoms with Gasteiger partial charge < -0.3 is 15.4 Å². The van der Waals surface area contributed by atoms with Crippen molar-refractivity contribution in [3.05, 3.63) is 33.8 Å². The predicted octanol–water partition coefficient (Wildman–Crippen LogP) is 2.47. The van der Waals surface area contributed by atoms with Gasteiger partial charge in [-0.05, 0) is 37.6 Å². The van der Waals surface area contributed by atoms with Crippen LogP contribution in [0.5, 0.6) is 0 Å². The fraction of sp³-hybridized carbons (Fsp3) is 0.571. The molecule has 0 aliphatic heterocycles. The van der Waals surface area contributed by atoms with Crippen molar-refractivity contribution in [3.63, 3.8) is 0 Å². The molecule has 0 bridgehead atoms. The molecule has 0 amide bonds. The number of hydrogen-bond acceptors (Lipinski definition) is 3. The van der Waals surface area contributed by atoms with Crippen LogP contribution in [0, 0.1) is 6.92 Å². The van der Waals surface area contributed by atoms with E-state index >= 15 is 0 Å². The van der Waals surface area contributed by atoms with E-state index in [0.29, 0.717) is 0 Å². The molecule has 18 heavy (non-hydrogen) atoms. The largest absolute Gasteiger partial charge is 0.383 e. The third-order valence-electron chi connectivity index (χ3n) is 2.78. The number of ether oxygens (including phenoxy) is 1. The molecule has 1 rings (SSSR count). The average Bonchev–Trinajstić information content (AvgIpc) is 2.37. The van der Waals surface area contributed by atoms with Crippen LogP contribution in [0.3, 0.4) is 0 Å². The number of aryl methyl sites for hydroxylation is 1. The summed E-state index contributed by atoms with van der Waals surface area (Å²) in [5.74, 6) is 0. The number of benzene rings is 1. The second-order valence-corrected chi connectivity index (χ2v) is 5.11. The number of methoxy groups -OCH3 is 1. The molecule has 102 valence electrons. The van der Waals surface area contributed by atoms with Crippen molar-refractivity contribution in [3.8, 4) is 0 Å². The van der Waals surface area contributed by atoms with E-state index in [4.69, 9.17) is 4.74 Å². The lowest BCUT2D eigenvalue weighted by molar-refractivity contribution is 0.199. The zero-order valence-corrected chi connectivity index (χ0v) is 12.8. The molecule has 3 nitrogen and oxygen atoms in total. The van der Waals surface area contributed by atoms with Gasteiger partial charge in [0.05, 0.1) is 6.61 Å². The van der Waals surface area contributed by atoms with Crippen LogP contribution < -0.4 is 10.6 Å². The Bertz CT molecular complexity index is 345. The Hall–Kier alpha value is -0.420. The van der Waals surface area contributed by atoms with E-state index in [1.54, 1.807) is 7.11 Å². The highest BCUT2D eigenvalue weighted by Gasteiger charge is 2.01. The van der Waals surface area contributed by atoms with Crippen molar-refractivity contribution < 1.29 is 4.74 Å². The molecule has 1 aromatic carbocycles. The Balaban J connectivity index is 2.09. The lowest BCUT2D eigenvalue weighted by Crippen LogP contribution is -2.24. The van der Waals surface area contributed by atoms with Crippen molar-refractivity contribution in [1.29, 1.82) is 0 Å². The van der Waals surface area contributed by atoms with Crippen LogP contribution in [-0.2, 0) is 11.3 Å². The molecule has 0 spiro atoms. The molecule has 0 heterocycles. The van der Waals surface area contributed by atoms with Gasteiger partial charge in [-0.15, -0.1) is 0 Å². The van der Waals surface area contributed by atoms with Crippen LogP contribution in [0.25, 0.3) is 0 Å². The zero-order valence-electron chi connectivity index (χ0n) is 11.3. The normalized spacial score (nSPS) is 10.8. The molecule has 0 aliphatic carbocycles. The fourth-order valence-electron chi connectivity index (χ4n) is 1.71. The summed E-state index contributed by atoms with van der Waals surface area (Å²) in [6.45, 7) is 6.81. The highest BCUT2D eigenvalue weighted by Crippen LogP contribution is 2.20. The molecule has 0 fully saturated rings. The van der Waals surface area contributed by atoms with Crippen LogP contribution in [0.15, 0.2) is 22.7 Å². The first kappa shape index (κ1) is 15.6. The Labute approximate surface area is 118 Å². The minimum atomic E-state index is 0.781. The minimum absolute atomic E-state index is 0.781.